The highest BCUT2D eigenvalue weighted by atomic mass is 16.1. The van der Waals surface area contributed by atoms with Gasteiger partial charge in [0.25, 0.3) is 0 Å². The summed E-state index contributed by atoms with van der Waals surface area (Å²) in [5, 5.41) is 2.73. The standard InChI is InChI=1S/C12H15NO.C2H6.2CH4.B/c1-4-12(14)13-11-7-5-6-10(8-11)9(2)3;1-2;;;/h4-9H,1H2,2-3H3,(H,13,14);1-2H3;2*1H4;. The number of carbonyl (C=O) groups excluding carboxylic acids is 1. The smallest absolute Gasteiger partial charge is 0.247 e. The molecule has 0 aliphatic heterocycles. The first kappa shape index (κ1) is 26.1. The van der Waals surface area contributed by atoms with Crippen LogP contribution in [0, 0.1) is 0 Å². The highest BCUT2D eigenvalue weighted by molar-refractivity contribution is 5.98. The van der Waals surface area contributed by atoms with E-state index in [0.29, 0.717) is 5.92 Å². The predicted octanol–water partition coefficient (Wildman–Crippen LogP) is 4.85. The molecule has 3 heteroatoms. The van der Waals surface area contributed by atoms with Crippen LogP contribution in [0.3, 0.4) is 0 Å². The summed E-state index contributed by atoms with van der Waals surface area (Å²) in [5.41, 5.74) is 2.04. The van der Waals surface area contributed by atoms with E-state index in [4.69, 9.17) is 0 Å². The number of nitrogens with one attached hydrogen (secondary N) is 1. The second-order valence-electron chi connectivity index (χ2n) is 3.47. The summed E-state index contributed by atoms with van der Waals surface area (Å²) in [4.78, 5) is 11.0. The molecule has 1 aromatic carbocycles. The van der Waals surface area contributed by atoms with Crippen LogP contribution in [0.25, 0.3) is 0 Å². The van der Waals surface area contributed by atoms with Crippen LogP contribution in [0.4, 0.5) is 5.69 Å². The molecule has 0 bridgehead atoms. The van der Waals surface area contributed by atoms with Gasteiger partial charge < -0.3 is 5.32 Å². The van der Waals surface area contributed by atoms with Gasteiger partial charge >= 0.3 is 0 Å². The van der Waals surface area contributed by atoms with E-state index in [1.165, 1.54) is 11.6 Å². The normalized spacial score (nSPS) is 7.63. The van der Waals surface area contributed by atoms with E-state index in [-0.39, 0.29) is 29.2 Å². The van der Waals surface area contributed by atoms with E-state index < -0.39 is 0 Å². The number of anilines is 1. The Bertz CT molecular complexity index is 348. The number of benzene rings is 1. The highest BCUT2D eigenvalue weighted by Gasteiger charge is 2.01. The van der Waals surface area contributed by atoms with Crippen LogP contribution in [-0.2, 0) is 4.79 Å². The molecule has 0 fully saturated rings. The van der Waals surface area contributed by atoms with E-state index in [1.807, 2.05) is 38.1 Å². The SMILES string of the molecule is C.C.C=CC(=O)Nc1cccc(C(C)C)c1.CC.[B]. The first-order chi connectivity index (χ1) is 7.63. The number of hydrogen-bond donors (Lipinski definition) is 1. The molecule has 0 aromatic heterocycles. The van der Waals surface area contributed by atoms with Crippen LogP contribution in [-0.4, -0.2) is 14.3 Å². The second-order valence-corrected chi connectivity index (χ2v) is 3.47. The van der Waals surface area contributed by atoms with Gasteiger partial charge in [0.1, 0.15) is 0 Å². The lowest BCUT2D eigenvalue weighted by molar-refractivity contribution is -0.111. The van der Waals surface area contributed by atoms with E-state index in [2.05, 4.69) is 25.7 Å². The maximum atomic E-state index is 11.0. The number of carbonyl (C=O) groups is 1. The van der Waals surface area contributed by atoms with Crippen LogP contribution in [0.2, 0.25) is 0 Å². The van der Waals surface area contributed by atoms with Crippen molar-refractivity contribution in [3.63, 3.8) is 0 Å². The van der Waals surface area contributed by atoms with Crippen molar-refractivity contribution in [1.29, 1.82) is 0 Å². The molecule has 107 valence electrons. The Morgan fingerprint density at radius 3 is 2.21 bits per heavy atom. The zero-order valence-electron chi connectivity index (χ0n) is 11.2. The molecule has 1 aromatic rings. The maximum Gasteiger partial charge on any atom is 0.247 e. The highest BCUT2D eigenvalue weighted by Crippen LogP contribution is 2.18. The van der Waals surface area contributed by atoms with Gasteiger partial charge in [-0.1, -0.05) is 61.3 Å². The summed E-state index contributed by atoms with van der Waals surface area (Å²) >= 11 is 0. The molecule has 0 atom stereocenters. The maximum absolute atomic E-state index is 11.0. The Labute approximate surface area is 121 Å². The lowest BCUT2D eigenvalue weighted by Crippen LogP contribution is -2.07. The average molecular weight is 262 g/mol. The van der Waals surface area contributed by atoms with E-state index in [9.17, 15) is 4.79 Å². The minimum Gasteiger partial charge on any atom is -0.323 e. The monoisotopic (exact) mass is 262 g/mol. The Morgan fingerprint density at radius 2 is 1.79 bits per heavy atom. The molecule has 0 saturated carbocycles. The van der Waals surface area contributed by atoms with E-state index in [0.717, 1.165) is 5.69 Å². The summed E-state index contributed by atoms with van der Waals surface area (Å²) in [5.74, 6) is 0.293. The molecule has 3 radical (unpaired) electrons. The van der Waals surface area contributed by atoms with Crippen molar-refractivity contribution in [3.05, 3.63) is 42.5 Å². The molecular formula is C16H29BNO. The molecule has 0 spiro atoms. The predicted molar refractivity (Wildman–Crippen MR) is 89.9 cm³/mol. The van der Waals surface area contributed by atoms with Gasteiger partial charge in [-0.3, -0.25) is 4.79 Å². The average Bonchev–Trinajstić information content (AvgIpc) is 2.32. The lowest BCUT2D eigenvalue weighted by atomic mass is 10.0. The molecular weight excluding hydrogens is 233 g/mol. The third kappa shape index (κ3) is 10.1. The Hall–Kier alpha value is -1.51. The van der Waals surface area contributed by atoms with Crippen LogP contribution >= 0.6 is 0 Å². The van der Waals surface area contributed by atoms with Gasteiger partial charge in [-0.2, -0.15) is 0 Å². The first-order valence-corrected chi connectivity index (χ1v) is 5.67. The van der Waals surface area contributed by atoms with Gasteiger partial charge in [-0.25, -0.2) is 0 Å². The van der Waals surface area contributed by atoms with Crippen LogP contribution in [0.5, 0.6) is 0 Å². The van der Waals surface area contributed by atoms with Crippen molar-refractivity contribution in [2.75, 3.05) is 5.32 Å². The Balaban J connectivity index is -0.000000214. The molecule has 0 heterocycles. The zero-order valence-corrected chi connectivity index (χ0v) is 11.2. The quantitative estimate of drug-likeness (QED) is 0.612. The van der Waals surface area contributed by atoms with E-state index >= 15 is 0 Å². The summed E-state index contributed by atoms with van der Waals surface area (Å²) < 4.78 is 0. The van der Waals surface area contributed by atoms with Crippen molar-refractivity contribution in [2.24, 2.45) is 0 Å². The van der Waals surface area contributed by atoms with Crippen molar-refractivity contribution in [3.8, 4) is 0 Å². The molecule has 0 saturated heterocycles. The molecule has 0 aliphatic carbocycles. The molecule has 0 unspecified atom stereocenters. The fraction of sp³-hybridized carbons (Fsp3) is 0.438. The number of rotatable bonds is 3. The second kappa shape index (κ2) is 14.6. The van der Waals surface area contributed by atoms with Gasteiger partial charge in [0, 0.05) is 14.1 Å². The fourth-order valence-electron chi connectivity index (χ4n) is 1.17. The summed E-state index contributed by atoms with van der Waals surface area (Å²) in [6.07, 6.45) is 1.27. The van der Waals surface area contributed by atoms with Gasteiger partial charge in [0.05, 0.1) is 0 Å². The van der Waals surface area contributed by atoms with Crippen molar-refractivity contribution >= 4 is 20.0 Å². The van der Waals surface area contributed by atoms with E-state index in [1.54, 1.807) is 0 Å². The third-order valence-electron chi connectivity index (χ3n) is 2.01. The summed E-state index contributed by atoms with van der Waals surface area (Å²) in [7, 11) is 0. The molecule has 2 nitrogen and oxygen atoms in total. The van der Waals surface area contributed by atoms with Gasteiger partial charge in [0.15, 0.2) is 0 Å². The molecule has 19 heavy (non-hydrogen) atoms. The molecule has 1 rings (SSSR count). The van der Waals surface area contributed by atoms with Gasteiger partial charge in [-0.05, 0) is 29.7 Å². The molecule has 1 amide bonds. The third-order valence-corrected chi connectivity index (χ3v) is 2.01. The topological polar surface area (TPSA) is 29.1 Å². The largest absolute Gasteiger partial charge is 0.323 e. The summed E-state index contributed by atoms with van der Waals surface area (Å²) in [6, 6.07) is 7.83. The van der Waals surface area contributed by atoms with Crippen molar-refractivity contribution in [1.82, 2.24) is 0 Å². The van der Waals surface area contributed by atoms with Crippen LogP contribution in [0.15, 0.2) is 36.9 Å². The number of amides is 1. The van der Waals surface area contributed by atoms with Gasteiger partial charge in [0.2, 0.25) is 5.91 Å². The summed E-state index contributed by atoms with van der Waals surface area (Å²) in [6.45, 7) is 11.6. The van der Waals surface area contributed by atoms with Crippen LogP contribution in [0.1, 0.15) is 54.0 Å². The van der Waals surface area contributed by atoms with Crippen molar-refractivity contribution < 1.29 is 4.79 Å². The zero-order chi connectivity index (χ0) is 12.6. The van der Waals surface area contributed by atoms with Gasteiger partial charge in [-0.15, -0.1) is 0 Å². The first-order valence-electron chi connectivity index (χ1n) is 5.67. The molecule has 0 aliphatic rings. The minimum absolute atomic E-state index is 0. The van der Waals surface area contributed by atoms with Crippen LogP contribution < -0.4 is 5.32 Å². The lowest BCUT2D eigenvalue weighted by Gasteiger charge is -2.08. The minimum atomic E-state index is -0.175. The van der Waals surface area contributed by atoms with Crippen molar-refractivity contribution in [2.45, 2.75) is 48.5 Å². The number of hydrogen-bond acceptors (Lipinski definition) is 1. The fourth-order valence-corrected chi connectivity index (χ4v) is 1.17. The Kier molecular flexibility index (Phi) is 20.0. The molecule has 1 N–H and O–H groups in total. The Morgan fingerprint density at radius 1 is 1.26 bits per heavy atom.